The third-order valence-corrected chi connectivity index (χ3v) is 5.17. The Hall–Kier alpha value is -3.01. The number of fused-ring (bicyclic) bond motifs is 8. The molecule has 0 aliphatic carbocycles. The van der Waals surface area contributed by atoms with E-state index < -0.39 is 5.50 Å². The number of ether oxygens (including phenoxy) is 1. The van der Waals surface area contributed by atoms with Crippen LogP contribution in [0.25, 0.3) is 38.6 Å². The molecule has 0 saturated heterocycles. The highest BCUT2D eigenvalue weighted by atomic mass is 16.5. The van der Waals surface area contributed by atoms with Crippen LogP contribution in [0.3, 0.4) is 0 Å². The van der Waals surface area contributed by atoms with Crippen LogP contribution in [-0.2, 0) is 0 Å². The molecule has 3 nitrogen and oxygen atoms in total. The van der Waals surface area contributed by atoms with Gasteiger partial charge in [-0.2, -0.15) is 0 Å². The third-order valence-electron chi connectivity index (χ3n) is 5.17. The van der Waals surface area contributed by atoms with Crippen LogP contribution >= 0.6 is 0 Å². The van der Waals surface area contributed by atoms with Crippen LogP contribution in [0.5, 0.6) is 5.75 Å². The highest BCUT2D eigenvalue weighted by molar-refractivity contribution is 6.24. The van der Waals surface area contributed by atoms with Gasteiger partial charge in [0, 0.05) is 21.7 Å². The van der Waals surface area contributed by atoms with Crippen molar-refractivity contribution in [3.63, 3.8) is 0 Å². The van der Waals surface area contributed by atoms with Crippen LogP contribution in [0, 0.1) is 13.8 Å². The number of aryl methyl sites for hydroxylation is 2. The fraction of sp³-hybridized carbons (Fsp3) is 0.174. The smallest absolute Gasteiger partial charge is 0.344 e. The first-order valence-corrected chi connectivity index (χ1v) is 8.95. The van der Waals surface area contributed by atoms with Crippen LogP contribution in [0.15, 0.2) is 51.7 Å². The lowest BCUT2D eigenvalue weighted by Gasteiger charge is -2.30. The fourth-order valence-electron chi connectivity index (χ4n) is 3.93. The summed E-state index contributed by atoms with van der Waals surface area (Å²) in [4.78, 5) is 13.0. The van der Waals surface area contributed by atoms with Crippen LogP contribution < -0.4 is 10.4 Å². The Kier molecular flexibility index (Phi) is 3.15. The van der Waals surface area contributed by atoms with E-state index >= 15 is 0 Å². The van der Waals surface area contributed by atoms with Gasteiger partial charge in [-0.15, -0.1) is 0 Å². The van der Waals surface area contributed by atoms with E-state index in [0.717, 1.165) is 38.2 Å². The quantitative estimate of drug-likeness (QED) is 0.254. The molecule has 0 fully saturated rings. The first-order chi connectivity index (χ1) is 12.8. The first-order valence-electron chi connectivity index (χ1n) is 8.95. The average molecular weight is 352 g/mol. The lowest BCUT2D eigenvalue weighted by Crippen LogP contribution is -2.32. The summed E-state index contributed by atoms with van der Waals surface area (Å²) in [6.07, 6.45) is 3.64. The lowest BCUT2D eigenvalue weighted by molar-refractivity contribution is 0.227. The van der Waals surface area contributed by atoms with Gasteiger partial charge in [0.25, 0.3) is 0 Å². The standard InChI is InChI=1S/C23H17BO3/c1-12-4-6-14-17(10-12)19-15-7-5-13(2)11-18(15)26-22(25)20(19)16-8-9-23(3,24)27-21(14)16/h4-11H,1-3H3. The normalized spacial score (nSPS) is 18.8. The summed E-state index contributed by atoms with van der Waals surface area (Å²) in [5.74, 6) is 0.628. The van der Waals surface area contributed by atoms with Gasteiger partial charge >= 0.3 is 5.63 Å². The Bertz CT molecular complexity index is 1360. The van der Waals surface area contributed by atoms with Gasteiger partial charge in [-0.25, -0.2) is 4.79 Å². The predicted molar refractivity (Wildman–Crippen MR) is 111 cm³/mol. The van der Waals surface area contributed by atoms with Crippen molar-refractivity contribution in [2.75, 3.05) is 0 Å². The van der Waals surface area contributed by atoms with Gasteiger partial charge < -0.3 is 9.15 Å². The molecule has 0 amide bonds. The molecule has 27 heavy (non-hydrogen) atoms. The summed E-state index contributed by atoms with van der Waals surface area (Å²) in [7, 11) is 6.19. The molecule has 0 spiro atoms. The largest absolute Gasteiger partial charge is 0.492 e. The lowest BCUT2D eigenvalue weighted by atomic mass is 9.80. The Balaban J connectivity index is 2.12. The van der Waals surface area contributed by atoms with Crippen molar-refractivity contribution in [1.29, 1.82) is 0 Å². The zero-order valence-corrected chi connectivity index (χ0v) is 15.4. The zero-order chi connectivity index (χ0) is 18.9. The van der Waals surface area contributed by atoms with Gasteiger partial charge in [0.1, 0.15) is 19.2 Å². The summed E-state index contributed by atoms with van der Waals surface area (Å²) in [6.45, 7) is 5.82. The second-order valence-electron chi connectivity index (χ2n) is 7.55. The molecule has 1 unspecified atom stereocenters. The molecule has 3 aromatic carbocycles. The number of rotatable bonds is 0. The van der Waals surface area contributed by atoms with E-state index in [4.69, 9.17) is 17.0 Å². The van der Waals surface area contributed by atoms with Crippen LogP contribution in [0.2, 0.25) is 0 Å². The van der Waals surface area contributed by atoms with E-state index in [9.17, 15) is 4.79 Å². The Morgan fingerprint density at radius 1 is 0.926 bits per heavy atom. The van der Waals surface area contributed by atoms with Gasteiger partial charge in [0.2, 0.25) is 0 Å². The molecule has 2 radical (unpaired) electrons. The molecule has 4 heteroatoms. The number of hydrogen-bond acceptors (Lipinski definition) is 3. The second-order valence-corrected chi connectivity index (χ2v) is 7.55. The van der Waals surface area contributed by atoms with Crippen molar-refractivity contribution in [3.8, 4) is 5.75 Å². The molecule has 1 aliphatic rings. The van der Waals surface area contributed by atoms with Gasteiger partial charge in [0.05, 0.1) is 10.9 Å². The second kappa shape index (κ2) is 5.26. The molecular weight excluding hydrogens is 335 g/mol. The minimum atomic E-state index is -0.924. The van der Waals surface area contributed by atoms with E-state index in [0.29, 0.717) is 16.7 Å². The summed E-state index contributed by atoms with van der Waals surface area (Å²) in [5.41, 5.74) is 2.19. The van der Waals surface area contributed by atoms with Crippen molar-refractivity contribution in [2.24, 2.45) is 0 Å². The molecule has 130 valence electrons. The van der Waals surface area contributed by atoms with Crippen LogP contribution in [0.1, 0.15) is 23.6 Å². The minimum absolute atomic E-state index is 0.364. The molecule has 2 heterocycles. The van der Waals surface area contributed by atoms with Crippen molar-refractivity contribution >= 4 is 46.4 Å². The molecule has 4 aromatic rings. The molecule has 0 bridgehead atoms. The van der Waals surface area contributed by atoms with Gasteiger partial charge in [-0.1, -0.05) is 48.0 Å². The zero-order valence-electron chi connectivity index (χ0n) is 15.4. The Morgan fingerprint density at radius 3 is 2.41 bits per heavy atom. The molecule has 0 saturated carbocycles. The Labute approximate surface area is 157 Å². The highest BCUT2D eigenvalue weighted by Gasteiger charge is 2.27. The van der Waals surface area contributed by atoms with E-state index in [1.807, 2.05) is 50.3 Å². The maximum atomic E-state index is 13.0. The molecule has 1 atom stereocenters. The van der Waals surface area contributed by atoms with Gasteiger partial charge in [0.15, 0.2) is 0 Å². The minimum Gasteiger partial charge on any atom is -0.492 e. The SMILES string of the molecule is [B]C1(C)C=Cc2c(c3ccc(C)cc3c3c2c(=O)oc2cc(C)ccc23)O1. The highest BCUT2D eigenvalue weighted by Crippen LogP contribution is 2.43. The Morgan fingerprint density at radius 2 is 1.63 bits per heavy atom. The third kappa shape index (κ3) is 2.33. The van der Waals surface area contributed by atoms with E-state index in [1.54, 1.807) is 13.0 Å². The maximum Gasteiger partial charge on any atom is 0.344 e. The van der Waals surface area contributed by atoms with Crippen molar-refractivity contribution in [1.82, 2.24) is 0 Å². The van der Waals surface area contributed by atoms with Crippen molar-refractivity contribution in [3.05, 3.63) is 69.6 Å². The average Bonchev–Trinajstić information content (AvgIpc) is 2.60. The van der Waals surface area contributed by atoms with Crippen LogP contribution in [-0.4, -0.2) is 13.3 Å². The predicted octanol–water partition coefficient (Wildman–Crippen LogP) is 5.01. The molecule has 1 aromatic heterocycles. The van der Waals surface area contributed by atoms with E-state index in [-0.39, 0.29) is 5.63 Å². The molecule has 5 rings (SSSR count). The molecular formula is C23H17BO3. The monoisotopic (exact) mass is 352 g/mol. The number of benzene rings is 3. The van der Waals surface area contributed by atoms with Crippen molar-refractivity contribution in [2.45, 2.75) is 26.3 Å². The van der Waals surface area contributed by atoms with Gasteiger partial charge in [-0.05, 0) is 37.8 Å². The molecule has 0 N–H and O–H groups in total. The van der Waals surface area contributed by atoms with Gasteiger partial charge in [-0.3, -0.25) is 0 Å². The van der Waals surface area contributed by atoms with Crippen molar-refractivity contribution < 1.29 is 9.15 Å². The van der Waals surface area contributed by atoms with E-state index in [1.165, 1.54) is 0 Å². The first kappa shape index (κ1) is 16.2. The topological polar surface area (TPSA) is 39.4 Å². The summed E-state index contributed by atoms with van der Waals surface area (Å²) in [5, 5.41) is 4.26. The summed E-state index contributed by atoms with van der Waals surface area (Å²) < 4.78 is 11.8. The van der Waals surface area contributed by atoms with Crippen LogP contribution in [0.4, 0.5) is 0 Å². The molecule has 1 aliphatic heterocycles. The number of hydrogen-bond donors (Lipinski definition) is 0. The summed E-state index contributed by atoms with van der Waals surface area (Å²) in [6, 6.07) is 12.1. The maximum absolute atomic E-state index is 13.0. The van der Waals surface area contributed by atoms with E-state index in [2.05, 4.69) is 6.07 Å². The fourth-order valence-corrected chi connectivity index (χ4v) is 3.93. The summed E-state index contributed by atoms with van der Waals surface area (Å²) >= 11 is 0.